The molecule has 0 aliphatic rings. The van der Waals surface area contributed by atoms with E-state index in [-0.39, 0.29) is 12.1 Å². The molecule has 0 radical (unpaired) electrons. The van der Waals surface area contributed by atoms with E-state index >= 15 is 0 Å². The van der Waals surface area contributed by atoms with E-state index in [4.69, 9.17) is 9.47 Å². The molecule has 2 aromatic rings. The molecule has 0 spiro atoms. The van der Waals surface area contributed by atoms with Crippen molar-refractivity contribution in [3.63, 3.8) is 0 Å². The number of carbonyl (C=O) groups excluding carboxylic acids is 2. The number of ether oxygens (including phenoxy) is 2. The largest absolute Gasteiger partial charge is 0.467 e. The summed E-state index contributed by atoms with van der Waals surface area (Å²) in [7, 11) is 2.57. The third-order valence-electron chi connectivity index (χ3n) is 3.99. The van der Waals surface area contributed by atoms with Gasteiger partial charge in [-0.3, -0.25) is 14.9 Å². The second-order valence-electron chi connectivity index (χ2n) is 5.70. The number of benzene rings is 2. The van der Waals surface area contributed by atoms with Gasteiger partial charge in [-0.15, -0.1) is 0 Å². The molecule has 142 valence electrons. The summed E-state index contributed by atoms with van der Waals surface area (Å²) in [6.07, 6.45) is -1.01. The first-order valence-electron chi connectivity index (χ1n) is 8.16. The van der Waals surface area contributed by atoms with Gasteiger partial charge >= 0.3 is 5.97 Å². The van der Waals surface area contributed by atoms with E-state index in [2.05, 4.69) is 5.32 Å². The Hall–Kier alpha value is -3.26. The molecule has 27 heavy (non-hydrogen) atoms. The highest BCUT2D eigenvalue weighted by molar-refractivity contribution is 5.88. The molecule has 0 heterocycles. The molecule has 2 aromatic carbocycles. The molecule has 0 aromatic heterocycles. The zero-order valence-corrected chi connectivity index (χ0v) is 15.0. The number of nitro groups is 1. The van der Waals surface area contributed by atoms with Crippen molar-refractivity contribution >= 4 is 17.6 Å². The van der Waals surface area contributed by atoms with Gasteiger partial charge in [0.25, 0.3) is 11.6 Å². The molecule has 0 unspecified atom stereocenters. The van der Waals surface area contributed by atoms with Gasteiger partial charge in [0.05, 0.1) is 12.0 Å². The molecule has 0 aliphatic heterocycles. The number of esters is 1. The summed E-state index contributed by atoms with van der Waals surface area (Å²) in [6, 6.07) is 13.7. The first-order chi connectivity index (χ1) is 13.0. The van der Waals surface area contributed by atoms with E-state index in [1.807, 2.05) is 0 Å². The fraction of sp³-hybridized carbons (Fsp3) is 0.263. The molecule has 2 rings (SSSR count). The van der Waals surface area contributed by atoms with Crippen LogP contribution in [0.3, 0.4) is 0 Å². The van der Waals surface area contributed by atoms with Crippen LogP contribution in [-0.2, 0) is 25.5 Å². The van der Waals surface area contributed by atoms with E-state index in [1.165, 1.54) is 32.4 Å². The van der Waals surface area contributed by atoms with E-state index in [9.17, 15) is 19.7 Å². The van der Waals surface area contributed by atoms with Gasteiger partial charge in [-0.2, -0.15) is 0 Å². The molecule has 0 aliphatic carbocycles. The summed E-state index contributed by atoms with van der Waals surface area (Å²) in [5.74, 6) is -1.25. The molecular weight excluding hydrogens is 352 g/mol. The Kier molecular flexibility index (Phi) is 7.01. The lowest BCUT2D eigenvalue weighted by Gasteiger charge is -2.21. The molecule has 1 amide bonds. The quantitative estimate of drug-likeness (QED) is 0.432. The normalized spacial score (nSPS) is 12.7. The third kappa shape index (κ3) is 5.11. The van der Waals surface area contributed by atoms with Gasteiger partial charge in [0, 0.05) is 25.2 Å². The Morgan fingerprint density at radius 3 is 2.30 bits per heavy atom. The van der Waals surface area contributed by atoms with Gasteiger partial charge in [0.15, 0.2) is 6.10 Å². The maximum Gasteiger partial charge on any atom is 0.328 e. The summed E-state index contributed by atoms with van der Waals surface area (Å²) in [5.41, 5.74) is 0.797. The summed E-state index contributed by atoms with van der Waals surface area (Å²) >= 11 is 0. The van der Waals surface area contributed by atoms with E-state index in [0.29, 0.717) is 11.1 Å². The molecule has 0 bridgehead atoms. The van der Waals surface area contributed by atoms with Crippen LogP contribution in [0.2, 0.25) is 0 Å². The lowest BCUT2D eigenvalue weighted by molar-refractivity contribution is -0.385. The Bertz CT molecular complexity index is 809. The maximum absolute atomic E-state index is 12.6. The minimum Gasteiger partial charge on any atom is -0.467 e. The number of nitro benzene ring substituents is 1. The van der Waals surface area contributed by atoms with E-state index < -0.39 is 28.9 Å². The van der Waals surface area contributed by atoms with Crippen LogP contribution in [0, 0.1) is 10.1 Å². The van der Waals surface area contributed by atoms with Gasteiger partial charge < -0.3 is 14.8 Å². The number of carbonyl (C=O) groups is 2. The lowest BCUT2D eigenvalue weighted by atomic mass is 10.0. The predicted molar refractivity (Wildman–Crippen MR) is 96.9 cm³/mol. The van der Waals surface area contributed by atoms with Gasteiger partial charge in [-0.25, -0.2) is 4.79 Å². The van der Waals surface area contributed by atoms with Gasteiger partial charge in [-0.05, 0) is 5.56 Å². The van der Waals surface area contributed by atoms with Crippen LogP contribution in [0.1, 0.15) is 17.2 Å². The highest BCUT2D eigenvalue weighted by atomic mass is 16.6. The molecule has 8 nitrogen and oxygen atoms in total. The standard InChI is InChI=1S/C19H20N2O6/c1-26-17(13-8-4-3-5-9-13)18(22)20-15(19(23)27-2)12-14-10-6-7-11-16(14)21(24)25/h3-11,15,17H,12H2,1-2H3,(H,20,22)/t15-,17+/m1/s1. The summed E-state index contributed by atoms with van der Waals surface area (Å²) in [5, 5.41) is 13.8. The molecule has 0 saturated heterocycles. The van der Waals surface area contributed by atoms with Gasteiger partial charge in [-0.1, -0.05) is 48.5 Å². The van der Waals surface area contributed by atoms with Crippen molar-refractivity contribution in [1.82, 2.24) is 5.32 Å². The van der Waals surface area contributed by atoms with Crippen molar-refractivity contribution in [2.75, 3.05) is 14.2 Å². The summed E-state index contributed by atoms with van der Waals surface area (Å²) in [6.45, 7) is 0. The molecule has 0 fully saturated rings. The third-order valence-corrected chi connectivity index (χ3v) is 3.99. The van der Waals surface area contributed by atoms with Gasteiger partial charge in [0.1, 0.15) is 6.04 Å². The van der Waals surface area contributed by atoms with Crippen molar-refractivity contribution < 1.29 is 24.0 Å². The van der Waals surface area contributed by atoms with Crippen molar-refractivity contribution in [3.05, 3.63) is 75.8 Å². The Morgan fingerprint density at radius 1 is 1.07 bits per heavy atom. The number of hydrogen-bond donors (Lipinski definition) is 1. The lowest BCUT2D eigenvalue weighted by Crippen LogP contribution is -2.45. The van der Waals surface area contributed by atoms with Crippen LogP contribution < -0.4 is 5.32 Å². The van der Waals surface area contributed by atoms with Crippen LogP contribution in [0.15, 0.2) is 54.6 Å². The van der Waals surface area contributed by atoms with Crippen molar-refractivity contribution in [1.29, 1.82) is 0 Å². The summed E-state index contributed by atoms with van der Waals surface area (Å²) in [4.78, 5) is 35.4. The Balaban J connectivity index is 2.23. The Labute approximate surface area is 156 Å². The molecule has 2 atom stereocenters. The monoisotopic (exact) mass is 372 g/mol. The fourth-order valence-corrected chi connectivity index (χ4v) is 2.69. The maximum atomic E-state index is 12.6. The van der Waals surface area contributed by atoms with Crippen molar-refractivity contribution in [2.24, 2.45) is 0 Å². The van der Waals surface area contributed by atoms with Crippen molar-refractivity contribution in [2.45, 2.75) is 18.6 Å². The first kappa shape index (κ1) is 20.1. The second kappa shape index (κ2) is 9.44. The van der Waals surface area contributed by atoms with Gasteiger partial charge in [0.2, 0.25) is 0 Å². The van der Waals surface area contributed by atoms with Crippen LogP contribution in [-0.4, -0.2) is 37.1 Å². The smallest absolute Gasteiger partial charge is 0.328 e. The minimum atomic E-state index is -1.09. The first-order valence-corrected chi connectivity index (χ1v) is 8.16. The second-order valence-corrected chi connectivity index (χ2v) is 5.70. The Morgan fingerprint density at radius 2 is 1.70 bits per heavy atom. The highest BCUT2D eigenvalue weighted by Crippen LogP contribution is 2.21. The number of para-hydroxylation sites is 1. The highest BCUT2D eigenvalue weighted by Gasteiger charge is 2.29. The number of amides is 1. The van der Waals surface area contributed by atoms with Crippen LogP contribution >= 0.6 is 0 Å². The molecule has 1 N–H and O–H groups in total. The van der Waals surface area contributed by atoms with E-state index in [0.717, 1.165) is 0 Å². The minimum absolute atomic E-state index is 0.0825. The zero-order chi connectivity index (χ0) is 19.8. The topological polar surface area (TPSA) is 108 Å². The molecular formula is C19H20N2O6. The predicted octanol–water partition coefficient (Wildman–Crippen LogP) is 2.18. The van der Waals surface area contributed by atoms with Crippen LogP contribution in [0.5, 0.6) is 0 Å². The fourth-order valence-electron chi connectivity index (χ4n) is 2.69. The van der Waals surface area contributed by atoms with Crippen molar-refractivity contribution in [3.8, 4) is 0 Å². The molecule has 8 heteroatoms. The molecule has 0 saturated carbocycles. The number of hydrogen-bond acceptors (Lipinski definition) is 6. The number of nitrogens with zero attached hydrogens (tertiary/aromatic N) is 1. The number of nitrogens with one attached hydrogen (secondary N) is 1. The average molecular weight is 372 g/mol. The van der Waals surface area contributed by atoms with Crippen LogP contribution in [0.25, 0.3) is 0 Å². The number of rotatable bonds is 8. The zero-order valence-electron chi connectivity index (χ0n) is 15.0. The van der Waals surface area contributed by atoms with Crippen LogP contribution in [0.4, 0.5) is 5.69 Å². The van der Waals surface area contributed by atoms with E-state index in [1.54, 1.807) is 36.4 Å². The SMILES string of the molecule is COC(=O)[C@@H](Cc1ccccc1[N+](=O)[O-])NC(=O)[C@@H](OC)c1ccccc1. The summed E-state index contributed by atoms with van der Waals surface area (Å²) < 4.78 is 9.99. The number of methoxy groups -OCH3 is 2. The average Bonchev–Trinajstić information content (AvgIpc) is 2.68.